The fourth-order valence-corrected chi connectivity index (χ4v) is 10.6. The van der Waals surface area contributed by atoms with Gasteiger partial charge >= 0.3 is 0 Å². The largest absolute Gasteiger partial charge is 0.507 e. The smallest absolute Gasteiger partial charge is 0.228 e. The van der Waals surface area contributed by atoms with Crippen LogP contribution in [-0.4, -0.2) is 19.6 Å². The Morgan fingerprint density at radius 3 is 1.97 bits per heavy atom. The minimum atomic E-state index is -0.313. The van der Waals surface area contributed by atoms with Gasteiger partial charge < -0.3 is 18.7 Å². The number of rotatable bonds is 8. The Bertz CT molecular complexity index is 3580. The third-order valence-electron chi connectivity index (χ3n) is 14.0. The van der Waals surface area contributed by atoms with Gasteiger partial charge in [-0.25, -0.2) is 9.97 Å². The van der Waals surface area contributed by atoms with Gasteiger partial charge in [-0.15, -0.1) is 0 Å². The molecule has 7 nitrogen and oxygen atoms in total. The fraction of sp³-hybridized carbons (Fsp3) is 0.200. The molecule has 330 valence electrons. The van der Waals surface area contributed by atoms with Gasteiger partial charge in [0, 0.05) is 11.1 Å². The SMILES string of the molecule is Cc1cccc(C)c1-n1c(-c2cc(-c3ccc(C4CCCCC4)cc3)ccc2O)nc2c(Oc3nc(-c4cc5oc6cccc7oc(c4)c5c67)cc(C(C)(C)C)c3-c3ccccc3)cccc21. The third kappa shape index (κ3) is 6.95. The Morgan fingerprint density at radius 2 is 1.27 bits per heavy atom. The van der Waals surface area contributed by atoms with Crippen molar-refractivity contribution in [1.82, 2.24) is 14.5 Å². The Kier molecular flexibility index (Phi) is 9.61. The van der Waals surface area contributed by atoms with Crippen molar-refractivity contribution >= 4 is 44.1 Å². The first-order chi connectivity index (χ1) is 32.6. The number of hydrogen-bond acceptors (Lipinski definition) is 6. The molecule has 0 bridgehead atoms. The van der Waals surface area contributed by atoms with Gasteiger partial charge in [0.1, 0.15) is 39.4 Å². The molecule has 0 unspecified atom stereocenters. The van der Waals surface area contributed by atoms with E-state index in [0.29, 0.717) is 34.5 Å². The van der Waals surface area contributed by atoms with Gasteiger partial charge in [0.15, 0.2) is 5.75 Å². The van der Waals surface area contributed by atoms with Gasteiger partial charge in [-0.05, 0) is 132 Å². The van der Waals surface area contributed by atoms with E-state index >= 15 is 0 Å². The molecule has 7 heteroatoms. The maximum Gasteiger partial charge on any atom is 0.228 e. The molecule has 0 amide bonds. The first-order valence-corrected chi connectivity index (χ1v) is 23.6. The van der Waals surface area contributed by atoms with Crippen molar-refractivity contribution in [2.24, 2.45) is 0 Å². The van der Waals surface area contributed by atoms with Crippen LogP contribution >= 0.6 is 0 Å². The Hall–Kier alpha value is -7.64. The van der Waals surface area contributed by atoms with Gasteiger partial charge in [-0.3, -0.25) is 4.57 Å². The number of para-hydroxylation sites is 2. The summed E-state index contributed by atoms with van der Waals surface area (Å²) < 4.78 is 22.2. The lowest BCUT2D eigenvalue weighted by molar-refractivity contribution is 0.443. The minimum Gasteiger partial charge on any atom is -0.507 e. The maximum atomic E-state index is 11.8. The van der Waals surface area contributed by atoms with Gasteiger partial charge in [0.2, 0.25) is 5.88 Å². The topological polar surface area (TPSA) is 86.5 Å². The summed E-state index contributed by atoms with van der Waals surface area (Å²) in [7, 11) is 0. The number of imidazole rings is 1. The van der Waals surface area contributed by atoms with E-state index in [-0.39, 0.29) is 11.2 Å². The van der Waals surface area contributed by atoms with Crippen LogP contribution in [0.2, 0.25) is 0 Å². The predicted molar refractivity (Wildman–Crippen MR) is 271 cm³/mol. The maximum absolute atomic E-state index is 11.8. The van der Waals surface area contributed by atoms with Gasteiger partial charge in [-0.1, -0.05) is 131 Å². The fourth-order valence-electron chi connectivity index (χ4n) is 10.6. The molecule has 67 heavy (non-hydrogen) atoms. The molecule has 4 heterocycles. The minimum absolute atomic E-state index is 0.146. The number of nitrogens with zero attached hydrogens (tertiary/aromatic N) is 3. The standard InChI is InChI=1S/C60H51N3O4/c1-35-15-12-16-36(2)57(35)63-46-21-13-24-50(56(46)62-58(63)43-31-41(29-30-47(43)64)39-27-25-38(26-28-39)37-17-8-6-9-18-37)67-59-53(40-19-10-7-11-20-40)44(60(3,4)5)34-45(61-59)42-32-51-55-52(33-42)66-49-23-14-22-48(65-51)54(49)55/h7,10-16,19-34,37,64H,6,8-9,17-18H2,1-5H3. The number of aryl methyl sites for hydroxylation is 2. The first-order valence-electron chi connectivity index (χ1n) is 23.6. The molecule has 11 aromatic rings. The number of aromatic nitrogens is 3. The van der Waals surface area contributed by atoms with Crippen LogP contribution < -0.4 is 4.74 Å². The summed E-state index contributed by atoms with van der Waals surface area (Å²) >= 11 is 0. The molecular formula is C60H51N3O4. The number of fused-ring (bicyclic) bond motifs is 1. The summed E-state index contributed by atoms with van der Waals surface area (Å²) in [5, 5.41) is 13.8. The second-order valence-electron chi connectivity index (χ2n) is 19.5. The zero-order valence-electron chi connectivity index (χ0n) is 38.5. The average Bonchev–Trinajstić information content (AvgIpc) is 4.05. The summed E-state index contributed by atoms with van der Waals surface area (Å²) in [5.74, 6) is 2.38. The van der Waals surface area contributed by atoms with Crippen molar-refractivity contribution < 1.29 is 18.7 Å². The Balaban J connectivity index is 1.04. The summed E-state index contributed by atoms with van der Waals surface area (Å²) in [5.41, 5.74) is 16.1. The normalized spacial score (nSPS) is 13.7. The van der Waals surface area contributed by atoms with E-state index in [9.17, 15) is 5.11 Å². The number of furan rings is 2. The molecule has 0 atom stereocenters. The van der Waals surface area contributed by atoms with Gasteiger partial charge in [0.25, 0.3) is 0 Å². The van der Waals surface area contributed by atoms with Crippen molar-refractivity contribution in [3.63, 3.8) is 0 Å². The van der Waals surface area contributed by atoms with Crippen molar-refractivity contribution in [3.05, 3.63) is 168 Å². The molecule has 1 aliphatic rings. The number of benzene rings is 7. The molecule has 0 aliphatic heterocycles. The number of phenols is 1. The van der Waals surface area contributed by atoms with Gasteiger partial charge in [-0.2, -0.15) is 0 Å². The lowest BCUT2D eigenvalue weighted by Crippen LogP contribution is -2.14. The molecule has 1 fully saturated rings. The van der Waals surface area contributed by atoms with E-state index in [1.165, 1.54) is 37.7 Å². The van der Waals surface area contributed by atoms with Crippen LogP contribution in [0.15, 0.2) is 154 Å². The number of aromatic hydroxyl groups is 1. The highest BCUT2D eigenvalue weighted by atomic mass is 16.5. The number of ether oxygens (including phenoxy) is 1. The third-order valence-corrected chi connectivity index (χ3v) is 14.0. The molecule has 1 aliphatic carbocycles. The summed E-state index contributed by atoms with van der Waals surface area (Å²) in [6, 6.07) is 49.8. The molecule has 0 saturated heterocycles. The van der Waals surface area contributed by atoms with Crippen LogP contribution in [0.25, 0.3) is 94.7 Å². The monoisotopic (exact) mass is 877 g/mol. The van der Waals surface area contributed by atoms with Crippen LogP contribution in [0, 0.1) is 13.8 Å². The van der Waals surface area contributed by atoms with Crippen LogP contribution in [-0.2, 0) is 5.41 Å². The van der Waals surface area contributed by atoms with E-state index in [1.54, 1.807) is 6.07 Å². The Labute approximate surface area is 389 Å². The number of hydrogen-bond donors (Lipinski definition) is 1. The molecule has 1 saturated carbocycles. The highest BCUT2D eigenvalue weighted by molar-refractivity contribution is 6.21. The lowest BCUT2D eigenvalue weighted by Gasteiger charge is -2.26. The molecule has 4 aromatic heterocycles. The van der Waals surface area contributed by atoms with Crippen molar-refractivity contribution in [2.75, 3.05) is 0 Å². The number of phenolic OH excluding ortho intramolecular Hbond substituents is 1. The van der Waals surface area contributed by atoms with Crippen molar-refractivity contribution in [2.45, 2.75) is 78.1 Å². The quantitative estimate of drug-likeness (QED) is 0.164. The van der Waals surface area contributed by atoms with Crippen LogP contribution in [0.4, 0.5) is 0 Å². The van der Waals surface area contributed by atoms with E-state index in [2.05, 4.69) is 124 Å². The van der Waals surface area contributed by atoms with E-state index in [0.717, 1.165) is 94.5 Å². The zero-order valence-corrected chi connectivity index (χ0v) is 38.5. The van der Waals surface area contributed by atoms with Crippen LogP contribution in [0.5, 0.6) is 17.4 Å². The second kappa shape index (κ2) is 15.8. The highest BCUT2D eigenvalue weighted by Gasteiger charge is 2.29. The molecule has 7 aromatic carbocycles. The average molecular weight is 878 g/mol. The first kappa shape index (κ1) is 40.8. The summed E-state index contributed by atoms with van der Waals surface area (Å²) in [6.45, 7) is 10.9. The second-order valence-corrected chi connectivity index (χ2v) is 19.5. The van der Waals surface area contributed by atoms with E-state index in [1.807, 2.05) is 54.6 Å². The highest BCUT2D eigenvalue weighted by Crippen LogP contribution is 2.47. The van der Waals surface area contributed by atoms with Crippen molar-refractivity contribution in [1.29, 1.82) is 0 Å². The van der Waals surface area contributed by atoms with Gasteiger partial charge in [0.05, 0.1) is 33.2 Å². The molecule has 0 radical (unpaired) electrons. The summed E-state index contributed by atoms with van der Waals surface area (Å²) in [6.07, 6.45) is 6.45. The van der Waals surface area contributed by atoms with Crippen LogP contribution in [0.1, 0.15) is 81.0 Å². The Morgan fingerprint density at radius 1 is 0.612 bits per heavy atom. The predicted octanol–water partition coefficient (Wildman–Crippen LogP) is 16.6. The lowest BCUT2D eigenvalue weighted by atomic mass is 9.81. The molecule has 12 rings (SSSR count). The molecular weight excluding hydrogens is 827 g/mol. The molecule has 0 spiro atoms. The summed E-state index contributed by atoms with van der Waals surface area (Å²) in [4.78, 5) is 10.9. The molecule has 1 N–H and O–H groups in total. The van der Waals surface area contributed by atoms with E-state index < -0.39 is 0 Å². The van der Waals surface area contributed by atoms with Crippen molar-refractivity contribution in [3.8, 4) is 68.0 Å². The number of pyridine rings is 1. The van der Waals surface area contributed by atoms with E-state index in [4.69, 9.17) is 23.5 Å². The zero-order chi connectivity index (χ0) is 45.6. The van der Waals surface area contributed by atoms with Crippen LogP contribution in [0.3, 0.4) is 0 Å².